The minimum atomic E-state index is -0.493. The molecule has 3 rings (SSSR count). The van der Waals surface area contributed by atoms with Crippen LogP contribution in [0.2, 0.25) is 0 Å². The molecule has 9 heteroatoms. The van der Waals surface area contributed by atoms with Gasteiger partial charge in [-0.3, -0.25) is 4.79 Å². The minimum Gasteiger partial charge on any atom is -0.493 e. The van der Waals surface area contributed by atoms with Crippen LogP contribution in [0.4, 0.5) is 5.69 Å². The molecule has 162 valence electrons. The molecule has 0 aromatic heterocycles. The summed E-state index contributed by atoms with van der Waals surface area (Å²) in [5.41, 5.74) is 6.27. The molecule has 0 aliphatic carbocycles. The second-order valence-electron chi connectivity index (χ2n) is 6.73. The van der Waals surface area contributed by atoms with E-state index in [1.807, 2.05) is 24.3 Å². The third-order valence-electron chi connectivity index (χ3n) is 4.75. The van der Waals surface area contributed by atoms with E-state index in [0.717, 1.165) is 22.0 Å². The van der Waals surface area contributed by atoms with Gasteiger partial charge in [0.1, 0.15) is 5.44 Å². The van der Waals surface area contributed by atoms with E-state index < -0.39 is 11.3 Å². The van der Waals surface area contributed by atoms with Gasteiger partial charge in [0.2, 0.25) is 5.75 Å². The monoisotopic (exact) mass is 450 g/mol. The highest BCUT2D eigenvalue weighted by Gasteiger charge is 2.22. The predicted molar refractivity (Wildman–Crippen MR) is 120 cm³/mol. The van der Waals surface area contributed by atoms with Gasteiger partial charge in [0.15, 0.2) is 11.5 Å². The van der Waals surface area contributed by atoms with Crippen LogP contribution in [0, 0.1) is 0 Å². The van der Waals surface area contributed by atoms with Crippen LogP contribution in [0.5, 0.6) is 17.2 Å². The van der Waals surface area contributed by atoms with Crippen molar-refractivity contribution in [3.05, 3.63) is 35.9 Å². The summed E-state index contributed by atoms with van der Waals surface area (Å²) in [4.78, 5) is 13.7. The van der Waals surface area contributed by atoms with Crippen molar-refractivity contribution in [2.24, 2.45) is 5.73 Å². The first-order valence-electron chi connectivity index (χ1n) is 9.43. The fourth-order valence-corrected chi connectivity index (χ4v) is 5.28. The Labute approximate surface area is 184 Å². The first-order chi connectivity index (χ1) is 14.4. The quantitative estimate of drug-likeness (QED) is 0.561. The lowest BCUT2D eigenvalue weighted by Crippen LogP contribution is -2.30. The van der Waals surface area contributed by atoms with E-state index in [0.29, 0.717) is 34.9 Å². The first kappa shape index (κ1) is 22.5. The Morgan fingerprint density at radius 1 is 1.13 bits per heavy atom. The lowest BCUT2D eigenvalue weighted by Gasteiger charge is -2.28. The van der Waals surface area contributed by atoms with Crippen LogP contribution in [-0.4, -0.2) is 49.6 Å². The Kier molecular flexibility index (Phi) is 7.63. The van der Waals surface area contributed by atoms with Crippen molar-refractivity contribution in [2.75, 3.05) is 32.4 Å². The average Bonchev–Trinajstić information content (AvgIpc) is 2.73. The normalized spacial score (nSPS) is 18.5. The molecule has 0 bridgehead atoms. The Balaban J connectivity index is 1.89. The highest BCUT2D eigenvalue weighted by molar-refractivity contribution is 7.99. The number of aliphatic hydroxyl groups excluding tert-OH is 1. The van der Waals surface area contributed by atoms with Gasteiger partial charge in [-0.15, -0.1) is 11.8 Å². The number of methoxy groups -OCH3 is 3. The number of nitrogens with one attached hydrogen (secondary N) is 1. The van der Waals surface area contributed by atoms with Crippen LogP contribution in [0.25, 0.3) is 0 Å². The van der Waals surface area contributed by atoms with Gasteiger partial charge in [0.25, 0.3) is 5.91 Å². The number of anilines is 1. The molecule has 1 fully saturated rings. The van der Waals surface area contributed by atoms with Gasteiger partial charge in [-0.25, -0.2) is 0 Å². The second-order valence-corrected chi connectivity index (χ2v) is 9.16. The third kappa shape index (κ3) is 5.27. The van der Waals surface area contributed by atoms with Crippen LogP contribution in [0.15, 0.2) is 40.1 Å². The molecule has 30 heavy (non-hydrogen) atoms. The van der Waals surface area contributed by atoms with Gasteiger partial charge in [-0.2, -0.15) is 0 Å². The molecule has 4 N–H and O–H groups in total. The molecule has 2 unspecified atom stereocenters. The molecular weight excluding hydrogens is 424 g/mol. The fourth-order valence-electron chi connectivity index (χ4n) is 3.30. The molecule has 2 aromatic rings. The van der Waals surface area contributed by atoms with Gasteiger partial charge >= 0.3 is 0 Å². The summed E-state index contributed by atoms with van der Waals surface area (Å²) in [6.45, 7) is 0. The summed E-state index contributed by atoms with van der Waals surface area (Å²) in [5.74, 6) is 2.04. The van der Waals surface area contributed by atoms with Crippen molar-refractivity contribution >= 4 is 35.1 Å². The van der Waals surface area contributed by atoms with Gasteiger partial charge < -0.3 is 30.4 Å². The summed E-state index contributed by atoms with van der Waals surface area (Å²) in [7, 11) is 4.72. The SMILES string of the molecule is COc1cc(Sc2ccc(C(N)=O)c(NC3CCSC(O)C3)c2)cc(OC)c1OC. The zero-order valence-corrected chi connectivity index (χ0v) is 18.8. The fraction of sp³-hybridized carbons (Fsp3) is 0.381. The molecule has 0 saturated carbocycles. The van der Waals surface area contributed by atoms with Crippen LogP contribution in [0.3, 0.4) is 0 Å². The number of nitrogens with two attached hydrogens (primary N) is 1. The van der Waals surface area contributed by atoms with Crippen LogP contribution < -0.4 is 25.3 Å². The molecule has 1 saturated heterocycles. The summed E-state index contributed by atoms with van der Waals surface area (Å²) in [6.07, 6.45) is 1.53. The number of primary amides is 1. The van der Waals surface area contributed by atoms with E-state index in [-0.39, 0.29) is 6.04 Å². The van der Waals surface area contributed by atoms with Gasteiger partial charge in [-0.1, -0.05) is 11.8 Å². The number of amides is 1. The third-order valence-corrected chi connectivity index (χ3v) is 6.76. The van der Waals surface area contributed by atoms with Crippen molar-refractivity contribution < 1.29 is 24.1 Å². The van der Waals surface area contributed by atoms with Crippen LogP contribution in [0.1, 0.15) is 23.2 Å². The molecule has 1 aliphatic heterocycles. The van der Waals surface area contributed by atoms with Gasteiger partial charge in [0, 0.05) is 27.9 Å². The summed E-state index contributed by atoms with van der Waals surface area (Å²) >= 11 is 3.05. The molecule has 2 atom stereocenters. The Hall–Kier alpha value is -2.23. The van der Waals surface area contributed by atoms with E-state index in [9.17, 15) is 9.90 Å². The van der Waals surface area contributed by atoms with E-state index in [1.165, 1.54) is 11.8 Å². The van der Waals surface area contributed by atoms with Crippen molar-refractivity contribution in [2.45, 2.75) is 34.1 Å². The van der Waals surface area contributed by atoms with E-state index in [1.54, 1.807) is 39.2 Å². The standard InChI is InChI=1S/C21H26N2O5S2/c1-26-17-10-14(11-18(27-2)20(17)28-3)30-13-4-5-15(21(22)25)16(9-13)23-12-6-7-29-19(24)8-12/h4-5,9-12,19,23-24H,6-8H2,1-3H3,(H2,22,25). The van der Waals surface area contributed by atoms with Crippen molar-refractivity contribution in [1.29, 1.82) is 0 Å². The topological polar surface area (TPSA) is 103 Å². The van der Waals surface area contributed by atoms with E-state index in [2.05, 4.69) is 5.32 Å². The lowest BCUT2D eigenvalue weighted by molar-refractivity contribution is 0.100. The molecule has 7 nitrogen and oxygen atoms in total. The summed E-state index contributed by atoms with van der Waals surface area (Å²) < 4.78 is 16.2. The van der Waals surface area contributed by atoms with Gasteiger partial charge in [0.05, 0.1) is 26.9 Å². The maximum Gasteiger partial charge on any atom is 0.250 e. The Morgan fingerprint density at radius 3 is 2.40 bits per heavy atom. The summed E-state index contributed by atoms with van der Waals surface area (Å²) in [5, 5.41) is 13.3. The largest absolute Gasteiger partial charge is 0.493 e. The maximum absolute atomic E-state index is 11.9. The zero-order valence-electron chi connectivity index (χ0n) is 17.1. The van der Waals surface area contributed by atoms with Crippen LogP contribution in [-0.2, 0) is 0 Å². The first-order valence-corrected chi connectivity index (χ1v) is 11.3. The van der Waals surface area contributed by atoms with Gasteiger partial charge in [-0.05, 0) is 42.5 Å². The lowest BCUT2D eigenvalue weighted by atomic mass is 10.1. The number of carbonyl (C=O) groups is 1. The zero-order chi connectivity index (χ0) is 21.7. The number of hydrogen-bond acceptors (Lipinski definition) is 8. The predicted octanol–water partition coefficient (Wildman–Crippen LogP) is 3.59. The number of thioether (sulfide) groups is 1. The molecule has 0 spiro atoms. The molecular formula is C21H26N2O5S2. The number of rotatable bonds is 8. The second kappa shape index (κ2) is 10.2. The number of carbonyl (C=O) groups excluding carboxylic acids is 1. The molecule has 1 amide bonds. The molecule has 1 heterocycles. The highest BCUT2D eigenvalue weighted by Crippen LogP contribution is 2.43. The van der Waals surface area contributed by atoms with Crippen molar-refractivity contribution in [3.63, 3.8) is 0 Å². The smallest absolute Gasteiger partial charge is 0.250 e. The number of ether oxygens (including phenoxy) is 3. The Bertz CT molecular complexity index is 884. The number of hydrogen-bond donors (Lipinski definition) is 3. The van der Waals surface area contributed by atoms with Crippen LogP contribution >= 0.6 is 23.5 Å². The van der Waals surface area contributed by atoms with Crippen molar-refractivity contribution in [3.8, 4) is 17.2 Å². The Morgan fingerprint density at radius 2 is 1.83 bits per heavy atom. The highest BCUT2D eigenvalue weighted by atomic mass is 32.2. The molecule has 0 radical (unpaired) electrons. The average molecular weight is 451 g/mol. The van der Waals surface area contributed by atoms with Crippen molar-refractivity contribution in [1.82, 2.24) is 0 Å². The minimum absolute atomic E-state index is 0.0841. The maximum atomic E-state index is 11.9. The number of aliphatic hydroxyl groups is 1. The molecule has 2 aromatic carbocycles. The van der Waals surface area contributed by atoms with E-state index >= 15 is 0 Å². The number of benzene rings is 2. The van der Waals surface area contributed by atoms with E-state index in [4.69, 9.17) is 19.9 Å². The summed E-state index contributed by atoms with van der Waals surface area (Å²) in [6, 6.07) is 9.30. The molecule has 1 aliphatic rings.